The molecule has 1 fully saturated rings. The van der Waals surface area contributed by atoms with Crippen LogP contribution >= 0.6 is 23.2 Å². The van der Waals surface area contributed by atoms with Crippen LogP contribution in [0.15, 0.2) is 60.7 Å². The smallest absolute Gasteiger partial charge is 0.119 e. The Morgan fingerprint density at radius 3 is 2.43 bits per heavy atom. The Kier molecular flexibility index (Phi) is 6.26. The van der Waals surface area contributed by atoms with E-state index in [1.54, 1.807) is 0 Å². The minimum absolute atomic E-state index is 0.618. The molecule has 0 saturated carbocycles. The maximum Gasteiger partial charge on any atom is 0.119 e. The molecule has 0 bridgehead atoms. The predicted molar refractivity (Wildman–Crippen MR) is 119 cm³/mol. The first-order valence-corrected chi connectivity index (χ1v) is 10.5. The molecule has 1 heterocycles. The molecule has 0 radical (unpaired) electrons. The highest BCUT2D eigenvalue weighted by Crippen LogP contribution is 2.32. The molecule has 28 heavy (non-hydrogen) atoms. The Labute approximate surface area is 176 Å². The zero-order valence-corrected chi connectivity index (χ0v) is 17.3. The lowest BCUT2D eigenvalue weighted by Gasteiger charge is -2.36. The fourth-order valence-electron chi connectivity index (χ4n) is 3.68. The third-order valence-corrected chi connectivity index (χ3v) is 6.06. The molecule has 3 nitrogen and oxygen atoms in total. The molecule has 3 aromatic rings. The van der Waals surface area contributed by atoms with Crippen molar-refractivity contribution in [1.82, 2.24) is 4.90 Å². The lowest BCUT2D eigenvalue weighted by atomic mass is 10.1. The maximum absolute atomic E-state index is 6.36. The molecule has 0 amide bonds. The number of nitrogens with zero attached hydrogens (tertiary/aromatic N) is 2. The van der Waals surface area contributed by atoms with Crippen molar-refractivity contribution in [3.05, 3.63) is 70.7 Å². The van der Waals surface area contributed by atoms with Gasteiger partial charge in [-0.15, -0.1) is 0 Å². The minimum Gasteiger partial charge on any atom is -0.494 e. The van der Waals surface area contributed by atoms with Gasteiger partial charge in [0.1, 0.15) is 5.75 Å². The Bertz CT molecular complexity index is 939. The van der Waals surface area contributed by atoms with Crippen molar-refractivity contribution < 1.29 is 4.74 Å². The van der Waals surface area contributed by atoms with Gasteiger partial charge in [-0.3, -0.25) is 4.90 Å². The Morgan fingerprint density at radius 1 is 0.821 bits per heavy atom. The predicted octanol–water partition coefficient (Wildman–Crippen LogP) is 5.74. The SMILES string of the molecule is Clc1cccc(N2CCN(CCCOc3ccc4ccccc4c3)CC2)c1Cl. The van der Waals surface area contributed by atoms with E-state index in [4.69, 9.17) is 27.9 Å². The van der Waals surface area contributed by atoms with E-state index in [1.165, 1.54) is 10.8 Å². The van der Waals surface area contributed by atoms with Crippen molar-refractivity contribution in [2.45, 2.75) is 6.42 Å². The van der Waals surface area contributed by atoms with E-state index in [-0.39, 0.29) is 0 Å². The summed E-state index contributed by atoms with van der Waals surface area (Å²) in [4.78, 5) is 4.80. The minimum atomic E-state index is 0.618. The van der Waals surface area contributed by atoms with Crippen LogP contribution in [-0.2, 0) is 0 Å². The summed E-state index contributed by atoms with van der Waals surface area (Å²) in [6.07, 6.45) is 1.02. The largest absolute Gasteiger partial charge is 0.494 e. The fraction of sp³-hybridized carbons (Fsp3) is 0.304. The second-order valence-corrected chi connectivity index (χ2v) is 7.90. The summed E-state index contributed by atoms with van der Waals surface area (Å²) < 4.78 is 5.96. The third kappa shape index (κ3) is 4.54. The van der Waals surface area contributed by atoms with Crippen LogP contribution in [0.4, 0.5) is 5.69 Å². The molecular weight excluding hydrogens is 391 g/mol. The van der Waals surface area contributed by atoms with Crippen molar-refractivity contribution in [3.8, 4) is 5.75 Å². The van der Waals surface area contributed by atoms with E-state index in [9.17, 15) is 0 Å². The van der Waals surface area contributed by atoms with Crippen LogP contribution in [-0.4, -0.2) is 44.2 Å². The molecule has 1 saturated heterocycles. The highest BCUT2D eigenvalue weighted by Gasteiger charge is 2.19. The third-order valence-electron chi connectivity index (χ3n) is 5.25. The summed E-state index contributed by atoms with van der Waals surface area (Å²) in [5, 5.41) is 3.73. The summed E-state index contributed by atoms with van der Waals surface area (Å²) in [6, 6.07) is 20.5. The molecule has 3 aromatic carbocycles. The zero-order chi connectivity index (χ0) is 19.3. The Hall–Kier alpha value is -1.94. The van der Waals surface area contributed by atoms with E-state index in [0.717, 1.165) is 57.2 Å². The second kappa shape index (κ2) is 9.04. The average molecular weight is 415 g/mol. The molecule has 0 aliphatic carbocycles. The molecule has 0 atom stereocenters. The van der Waals surface area contributed by atoms with E-state index < -0.39 is 0 Å². The Balaban J connectivity index is 1.21. The molecular formula is C23H24Cl2N2O. The monoisotopic (exact) mass is 414 g/mol. The van der Waals surface area contributed by atoms with Gasteiger partial charge >= 0.3 is 0 Å². The normalized spacial score (nSPS) is 15.1. The van der Waals surface area contributed by atoms with E-state index in [2.05, 4.69) is 52.3 Å². The summed E-state index contributed by atoms with van der Waals surface area (Å²) in [7, 11) is 0. The number of hydrogen-bond donors (Lipinski definition) is 0. The average Bonchev–Trinajstić information content (AvgIpc) is 2.74. The van der Waals surface area contributed by atoms with E-state index in [1.807, 2.05) is 18.2 Å². The first kappa shape index (κ1) is 19.4. The zero-order valence-electron chi connectivity index (χ0n) is 15.8. The number of ether oxygens (including phenoxy) is 1. The number of hydrogen-bond acceptors (Lipinski definition) is 3. The Morgan fingerprint density at radius 2 is 1.61 bits per heavy atom. The molecule has 0 unspecified atom stereocenters. The first-order chi connectivity index (χ1) is 13.7. The number of halogens is 2. The molecule has 0 aromatic heterocycles. The molecule has 0 N–H and O–H groups in total. The van der Waals surface area contributed by atoms with Crippen LogP contribution in [0.3, 0.4) is 0 Å². The van der Waals surface area contributed by atoms with Crippen LogP contribution < -0.4 is 9.64 Å². The fourth-order valence-corrected chi connectivity index (χ4v) is 4.10. The van der Waals surface area contributed by atoms with Crippen LogP contribution in [0.1, 0.15) is 6.42 Å². The number of anilines is 1. The van der Waals surface area contributed by atoms with Crippen LogP contribution in [0.25, 0.3) is 10.8 Å². The quantitative estimate of drug-likeness (QED) is 0.478. The molecule has 1 aliphatic heterocycles. The molecule has 5 heteroatoms. The van der Waals surface area contributed by atoms with Crippen molar-refractivity contribution in [2.75, 3.05) is 44.2 Å². The lowest BCUT2D eigenvalue weighted by molar-refractivity contribution is 0.225. The molecule has 0 spiro atoms. The highest BCUT2D eigenvalue weighted by molar-refractivity contribution is 6.43. The number of benzene rings is 3. The van der Waals surface area contributed by atoms with Crippen molar-refractivity contribution in [1.29, 1.82) is 0 Å². The van der Waals surface area contributed by atoms with Gasteiger partial charge in [0.05, 0.1) is 22.3 Å². The lowest BCUT2D eigenvalue weighted by Crippen LogP contribution is -2.46. The summed E-state index contributed by atoms with van der Waals surface area (Å²) in [5.41, 5.74) is 1.04. The topological polar surface area (TPSA) is 15.7 Å². The van der Waals surface area contributed by atoms with E-state index in [0.29, 0.717) is 10.0 Å². The number of fused-ring (bicyclic) bond motifs is 1. The van der Waals surface area contributed by atoms with Gasteiger partial charge in [-0.2, -0.15) is 0 Å². The van der Waals surface area contributed by atoms with Crippen LogP contribution in [0, 0.1) is 0 Å². The van der Waals surface area contributed by atoms with Crippen LogP contribution in [0.2, 0.25) is 10.0 Å². The van der Waals surface area contributed by atoms with Crippen molar-refractivity contribution >= 4 is 39.7 Å². The van der Waals surface area contributed by atoms with Crippen molar-refractivity contribution in [2.24, 2.45) is 0 Å². The highest BCUT2D eigenvalue weighted by atomic mass is 35.5. The molecule has 4 rings (SSSR count). The second-order valence-electron chi connectivity index (χ2n) is 7.11. The molecule has 146 valence electrons. The van der Waals surface area contributed by atoms with Crippen LogP contribution in [0.5, 0.6) is 5.75 Å². The molecule has 1 aliphatic rings. The number of piperazine rings is 1. The summed E-state index contributed by atoms with van der Waals surface area (Å²) in [6.45, 7) is 5.76. The van der Waals surface area contributed by atoms with Gasteiger partial charge in [-0.1, -0.05) is 59.6 Å². The number of rotatable bonds is 6. The van der Waals surface area contributed by atoms with Crippen molar-refractivity contribution in [3.63, 3.8) is 0 Å². The first-order valence-electron chi connectivity index (χ1n) is 9.73. The van der Waals surface area contributed by atoms with E-state index >= 15 is 0 Å². The summed E-state index contributed by atoms with van der Waals surface area (Å²) in [5.74, 6) is 0.944. The van der Waals surface area contributed by atoms with Gasteiger partial charge in [-0.05, 0) is 41.5 Å². The standard InChI is InChI=1S/C23H24Cl2N2O/c24-21-7-3-8-22(23(21)25)27-14-12-26(13-15-27)11-4-16-28-20-10-9-18-5-1-2-6-19(18)17-20/h1-3,5-10,17H,4,11-16H2. The van der Waals surface area contributed by atoms with Gasteiger partial charge in [-0.25, -0.2) is 0 Å². The van der Waals surface area contributed by atoms with Gasteiger partial charge in [0, 0.05) is 32.7 Å². The van der Waals surface area contributed by atoms with Gasteiger partial charge in [0.15, 0.2) is 0 Å². The van der Waals surface area contributed by atoms with Gasteiger partial charge in [0.2, 0.25) is 0 Å². The maximum atomic E-state index is 6.36. The van der Waals surface area contributed by atoms with Gasteiger partial charge in [0.25, 0.3) is 0 Å². The van der Waals surface area contributed by atoms with Gasteiger partial charge < -0.3 is 9.64 Å². The summed E-state index contributed by atoms with van der Waals surface area (Å²) >= 11 is 12.5.